The van der Waals surface area contributed by atoms with Crippen molar-refractivity contribution >= 4 is 39.8 Å². The minimum Gasteiger partial charge on any atom is -0.497 e. The van der Waals surface area contributed by atoms with Crippen molar-refractivity contribution in [2.24, 2.45) is 4.99 Å². The first-order valence-electron chi connectivity index (χ1n) is 10.6. The van der Waals surface area contributed by atoms with Crippen LogP contribution in [0.3, 0.4) is 0 Å². The standard InChI is InChI=1S/C21H36N4O4S.HI/c1-4-22-21(23-10-13-29-14-15-30(3,26)27)24-17-20(25-11-5-6-12-25)18-8-7-9-19(16-18)28-2;/h7-9,16,20H,4-6,10-15,17H2,1-3H3,(H2,22,23,24);1H. The third kappa shape index (κ3) is 10.8. The van der Waals surface area contributed by atoms with Gasteiger partial charge < -0.3 is 20.1 Å². The van der Waals surface area contributed by atoms with Crippen LogP contribution >= 0.6 is 24.0 Å². The topological polar surface area (TPSA) is 92.3 Å². The Kier molecular flexibility index (Phi) is 13.4. The second-order valence-corrected chi connectivity index (χ2v) is 9.68. The van der Waals surface area contributed by atoms with Gasteiger partial charge in [-0.3, -0.25) is 9.89 Å². The zero-order valence-electron chi connectivity index (χ0n) is 18.8. The van der Waals surface area contributed by atoms with Crippen LogP contribution in [0.15, 0.2) is 29.3 Å². The summed E-state index contributed by atoms with van der Waals surface area (Å²) in [5, 5.41) is 6.52. The van der Waals surface area contributed by atoms with Crippen LogP contribution in [-0.4, -0.2) is 84.3 Å². The van der Waals surface area contributed by atoms with Crippen molar-refractivity contribution in [3.05, 3.63) is 29.8 Å². The Balaban J connectivity index is 0.00000480. The lowest BCUT2D eigenvalue weighted by molar-refractivity contribution is 0.154. The number of hydrogen-bond acceptors (Lipinski definition) is 6. The van der Waals surface area contributed by atoms with Crippen LogP contribution in [0.4, 0.5) is 0 Å². The molecule has 1 heterocycles. The molecule has 178 valence electrons. The van der Waals surface area contributed by atoms with Crippen molar-refractivity contribution in [3.63, 3.8) is 0 Å². The van der Waals surface area contributed by atoms with E-state index in [2.05, 4.69) is 27.7 Å². The van der Waals surface area contributed by atoms with Crippen molar-refractivity contribution in [1.82, 2.24) is 15.5 Å². The van der Waals surface area contributed by atoms with Crippen molar-refractivity contribution < 1.29 is 17.9 Å². The highest BCUT2D eigenvalue weighted by molar-refractivity contribution is 14.0. The van der Waals surface area contributed by atoms with Gasteiger partial charge in [0.1, 0.15) is 15.6 Å². The minimum atomic E-state index is -2.99. The van der Waals surface area contributed by atoms with E-state index in [-0.39, 0.29) is 42.4 Å². The number of aliphatic imine (C=N–C) groups is 1. The molecule has 0 radical (unpaired) electrons. The summed E-state index contributed by atoms with van der Waals surface area (Å²) in [4.78, 5) is 7.29. The Hall–Kier alpha value is -1.11. The fraction of sp³-hybridized carbons (Fsp3) is 0.667. The summed E-state index contributed by atoms with van der Waals surface area (Å²) in [6, 6.07) is 8.41. The van der Waals surface area contributed by atoms with Crippen LogP contribution in [0.25, 0.3) is 0 Å². The van der Waals surface area contributed by atoms with Crippen LogP contribution < -0.4 is 15.4 Å². The molecule has 1 fully saturated rings. The zero-order chi connectivity index (χ0) is 21.8. The number of likely N-dealkylation sites (tertiary alicyclic amines) is 1. The molecule has 0 aromatic heterocycles. The van der Waals surface area contributed by atoms with Crippen LogP contribution in [-0.2, 0) is 14.6 Å². The van der Waals surface area contributed by atoms with E-state index in [1.807, 2.05) is 19.1 Å². The number of sulfone groups is 1. The summed E-state index contributed by atoms with van der Waals surface area (Å²) in [6.07, 6.45) is 3.64. The van der Waals surface area contributed by atoms with Gasteiger partial charge in [-0.15, -0.1) is 24.0 Å². The first kappa shape index (κ1) is 27.9. The van der Waals surface area contributed by atoms with Gasteiger partial charge in [-0.1, -0.05) is 12.1 Å². The van der Waals surface area contributed by atoms with E-state index in [0.717, 1.165) is 31.3 Å². The van der Waals surface area contributed by atoms with E-state index in [1.165, 1.54) is 24.7 Å². The third-order valence-electron chi connectivity index (χ3n) is 4.96. The quantitative estimate of drug-likeness (QED) is 0.173. The molecule has 1 aliphatic heterocycles. The highest BCUT2D eigenvalue weighted by atomic mass is 127. The zero-order valence-corrected chi connectivity index (χ0v) is 21.9. The smallest absolute Gasteiger partial charge is 0.191 e. The minimum absolute atomic E-state index is 0. The van der Waals surface area contributed by atoms with E-state index in [0.29, 0.717) is 19.7 Å². The molecular formula is C21H37IN4O4S. The van der Waals surface area contributed by atoms with E-state index in [9.17, 15) is 8.42 Å². The second kappa shape index (κ2) is 14.9. The highest BCUT2D eigenvalue weighted by Gasteiger charge is 2.23. The molecule has 0 saturated carbocycles. The summed E-state index contributed by atoms with van der Waals surface area (Å²) < 4.78 is 33.1. The lowest BCUT2D eigenvalue weighted by Crippen LogP contribution is -2.40. The average molecular weight is 569 g/mol. The predicted octanol–water partition coefficient (Wildman–Crippen LogP) is 2.07. The van der Waals surface area contributed by atoms with E-state index >= 15 is 0 Å². The Morgan fingerprint density at radius 1 is 1.23 bits per heavy atom. The van der Waals surface area contributed by atoms with Crippen molar-refractivity contribution in [2.75, 3.05) is 65.1 Å². The number of nitrogens with zero attached hydrogens (tertiary/aromatic N) is 2. The van der Waals surface area contributed by atoms with Gasteiger partial charge in [0.25, 0.3) is 0 Å². The molecule has 0 spiro atoms. The number of methoxy groups -OCH3 is 1. The fourth-order valence-corrected chi connectivity index (χ4v) is 3.83. The maximum Gasteiger partial charge on any atom is 0.191 e. The van der Waals surface area contributed by atoms with Gasteiger partial charge in [-0.25, -0.2) is 8.42 Å². The summed E-state index contributed by atoms with van der Waals surface area (Å²) in [5.41, 5.74) is 1.21. The molecule has 8 nitrogen and oxygen atoms in total. The lowest BCUT2D eigenvalue weighted by atomic mass is 10.1. The summed E-state index contributed by atoms with van der Waals surface area (Å²) in [7, 11) is -1.30. The molecule has 1 aliphatic rings. The molecule has 2 rings (SSSR count). The molecule has 10 heteroatoms. The van der Waals surface area contributed by atoms with Crippen LogP contribution in [0, 0.1) is 0 Å². The van der Waals surface area contributed by atoms with Crippen LogP contribution in [0.1, 0.15) is 31.4 Å². The molecule has 1 atom stereocenters. The highest BCUT2D eigenvalue weighted by Crippen LogP contribution is 2.27. The number of ether oxygens (including phenoxy) is 2. The van der Waals surface area contributed by atoms with Gasteiger partial charge in [-0.05, 0) is 50.6 Å². The van der Waals surface area contributed by atoms with Gasteiger partial charge >= 0.3 is 0 Å². The Labute approximate surface area is 204 Å². The molecule has 0 amide bonds. The molecule has 0 bridgehead atoms. The SMILES string of the molecule is CCNC(=NCC(c1cccc(OC)c1)N1CCCC1)NCCOCCS(C)(=O)=O.I. The molecule has 1 aromatic rings. The molecule has 1 unspecified atom stereocenters. The fourth-order valence-electron chi connectivity index (χ4n) is 3.41. The molecule has 1 saturated heterocycles. The third-order valence-corrected chi connectivity index (χ3v) is 5.87. The Morgan fingerprint density at radius 3 is 2.61 bits per heavy atom. The Bertz CT molecular complexity index is 770. The maximum absolute atomic E-state index is 11.1. The monoisotopic (exact) mass is 568 g/mol. The van der Waals surface area contributed by atoms with Crippen molar-refractivity contribution in [3.8, 4) is 5.75 Å². The lowest BCUT2D eigenvalue weighted by Gasteiger charge is -2.27. The summed E-state index contributed by atoms with van der Waals surface area (Å²) in [6.45, 7) is 6.77. The predicted molar refractivity (Wildman–Crippen MR) is 136 cm³/mol. The number of nitrogens with one attached hydrogen (secondary N) is 2. The molecular weight excluding hydrogens is 531 g/mol. The number of rotatable bonds is 12. The summed E-state index contributed by atoms with van der Waals surface area (Å²) in [5.74, 6) is 1.63. The summed E-state index contributed by atoms with van der Waals surface area (Å²) >= 11 is 0. The van der Waals surface area contributed by atoms with Crippen LogP contribution in [0.5, 0.6) is 5.75 Å². The molecule has 0 aliphatic carbocycles. The van der Waals surface area contributed by atoms with E-state index < -0.39 is 9.84 Å². The average Bonchev–Trinajstić information content (AvgIpc) is 3.24. The normalized spacial score (nSPS) is 15.9. The number of benzene rings is 1. The van der Waals surface area contributed by atoms with Gasteiger partial charge in [0, 0.05) is 19.3 Å². The molecule has 2 N–H and O–H groups in total. The molecule has 1 aromatic carbocycles. The van der Waals surface area contributed by atoms with Crippen LogP contribution in [0.2, 0.25) is 0 Å². The number of guanidine groups is 1. The number of hydrogen-bond donors (Lipinski definition) is 2. The van der Waals surface area contributed by atoms with E-state index in [1.54, 1.807) is 7.11 Å². The van der Waals surface area contributed by atoms with Gasteiger partial charge in [-0.2, -0.15) is 0 Å². The molecule has 31 heavy (non-hydrogen) atoms. The van der Waals surface area contributed by atoms with E-state index in [4.69, 9.17) is 14.5 Å². The Morgan fingerprint density at radius 2 is 1.97 bits per heavy atom. The largest absolute Gasteiger partial charge is 0.497 e. The van der Waals surface area contributed by atoms with Gasteiger partial charge in [0.15, 0.2) is 5.96 Å². The van der Waals surface area contributed by atoms with Crippen molar-refractivity contribution in [2.45, 2.75) is 25.8 Å². The first-order chi connectivity index (χ1) is 14.4. The van der Waals surface area contributed by atoms with Gasteiger partial charge in [0.2, 0.25) is 0 Å². The van der Waals surface area contributed by atoms with Gasteiger partial charge in [0.05, 0.1) is 38.7 Å². The maximum atomic E-state index is 11.1. The first-order valence-corrected chi connectivity index (χ1v) is 12.6. The number of halogens is 1. The van der Waals surface area contributed by atoms with Crippen molar-refractivity contribution in [1.29, 1.82) is 0 Å². The second-order valence-electron chi connectivity index (χ2n) is 7.42.